The van der Waals surface area contributed by atoms with Crippen LogP contribution in [-0.2, 0) is 5.75 Å². The molecule has 0 aliphatic rings. The van der Waals surface area contributed by atoms with Crippen LogP contribution in [0.4, 0.5) is 0 Å². The predicted molar refractivity (Wildman–Crippen MR) is 93.5 cm³/mol. The molecule has 0 radical (unpaired) electrons. The minimum atomic E-state index is -0.226. The number of hydrogen-bond acceptors (Lipinski definition) is 6. The molecule has 2 rings (SSSR count). The lowest BCUT2D eigenvalue weighted by molar-refractivity contribution is 0.355. The second kappa shape index (κ2) is 7.87. The van der Waals surface area contributed by atoms with Gasteiger partial charge in [0.2, 0.25) is 0 Å². The van der Waals surface area contributed by atoms with E-state index < -0.39 is 0 Å². The standard InChI is InChI=1S/C15H20N4O3S/c1-4-5-17-15(16)23-8-13-18-10-7-12(22-3)11(21-2)6-9(10)14(20)19-13/h6-7H,4-5,8H2,1-3H3,(H2,16,17)(H,18,19,20). The Balaban J connectivity index is 2.31. The van der Waals surface area contributed by atoms with Crippen LogP contribution in [-0.4, -0.2) is 35.9 Å². The normalized spacial score (nSPS) is 11.7. The topological polar surface area (TPSA) is 103 Å². The molecule has 3 N–H and O–H groups in total. The molecule has 0 spiro atoms. The molecule has 23 heavy (non-hydrogen) atoms. The number of rotatable bonds is 6. The molecule has 0 atom stereocenters. The number of fused-ring (bicyclic) bond motifs is 1. The number of nitrogens with zero attached hydrogens (tertiary/aromatic N) is 2. The largest absolute Gasteiger partial charge is 0.493 e. The Morgan fingerprint density at radius 2 is 2.04 bits per heavy atom. The molecule has 0 saturated carbocycles. The number of nitrogens with one attached hydrogen (secondary N) is 1. The van der Waals surface area contributed by atoms with Crippen LogP contribution in [0, 0.1) is 0 Å². The van der Waals surface area contributed by atoms with Crippen molar-refractivity contribution in [2.45, 2.75) is 19.1 Å². The van der Waals surface area contributed by atoms with Gasteiger partial charge < -0.3 is 20.2 Å². The monoisotopic (exact) mass is 336 g/mol. The summed E-state index contributed by atoms with van der Waals surface area (Å²) >= 11 is 1.34. The quantitative estimate of drug-likeness (QED) is 0.617. The molecule has 1 aromatic heterocycles. The van der Waals surface area contributed by atoms with Crippen LogP contribution >= 0.6 is 11.8 Å². The second-order valence-electron chi connectivity index (χ2n) is 4.75. The van der Waals surface area contributed by atoms with Crippen LogP contribution in [0.2, 0.25) is 0 Å². The smallest absolute Gasteiger partial charge is 0.258 e. The zero-order chi connectivity index (χ0) is 16.8. The summed E-state index contributed by atoms with van der Waals surface area (Å²) in [7, 11) is 3.06. The van der Waals surface area contributed by atoms with E-state index in [1.807, 2.05) is 6.92 Å². The van der Waals surface area contributed by atoms with Crippen molar-refractivity contribution in [3.05, 3.63) is 28.3 Å². The number of methoxy groups -OCH3 is 2. The van der Waals surface area contributed by atoms with E-state index in [1.165, 1.54) is 18.9 Å². The SMILES string of the molecule is CCCN=C(N)SCc1nc2cc(OC)c(OC)cc2c(=O)[nH]1. The summed E-state index contributed by atoms with van der Waals surface area (Å²) in [6, 6.07) is 3.31. The number of thioether (sulfide) groups is 1. The Morgan fingerprint density at radius 1 is 1.35 bits per heavy atom. The lowest BCUT2D eigenvalue weighted by Gasteiger charge is -2.09. The average molecular weight is 336 g/mol. The number of nitrogens with two attached hydrogens (primary N) is 1. The highest BCUT2D eigenvalue weighted by Gasteiger charge is 2.11. The Hall–Kier alpha value is -2.22. The summed E-state index contributed by atoms with van der Waals surface area (Å²) in [5.74, 6) is 2.00. The minimum Gasteiger partial charge on any atom is -0.493 e. The third-order valence-electron chi connectivity index (χ3n) is 3.11. The van der Waals surface area contributed by atoms with Crippen LogP contribution < -0.4 is 20.8 Å². The first-order valence-corrected chi connectivity index (χ1v) is 8.15. The zero-order valence-electron chi connectivity index (χ0n) is 13.4. The summed E-state index contributed by atoms with van der Waals surface area (Å²) in [6.07, 6.45) is 0.938. The molecule has 1 aromatic carbocycles. The van der Waals surface area contributed by atoms with Gasteiger partial charge in [-0.3, -0.25) is 9.79 Å². The Labute approximate surface area is 138 Å². The second-order valence-corrected chi connectivity index (χ2v) is 5.74. The lowest BCUT2D eigenvalue weighted by Crippen LogP contribution is -2.13. The molecule has 124 valence electrons. The number of ether oxygens (including phenoxy) is 2. The summed E-state index contributed by atoms with van der Waals surface area (Å²) in [5.41, 5.74) is 6.12. The van der Waals surface area contributed by atoms with Crippen molar-refractivity contribution in [3.63, 3.8) is 0 Å². The highest BCUT2D eigenvalue weighted by Crippen LogP contribution is 2.30. The van der Waals surface area contributed by atoms with E-state index in [0.717, 1.165) is 6.42 Å². The van der Waals surface area contributed by atoms with Gasteiger partial charge in [0.05, 0.1) is 30.9 Å². The summed E-state index contributed by atoms with van der Waals surface area (Å²) < 4.78 is 10.4. The first-order valence-electron chi connectivity index (χ1n) is 7.16. The Morgan fingerprint density at radius 3 is 2.70 bits per heavy atom. The first-order chi connectivity index (χ1) is 11.1. The molecule has 0 aliphatic heterocycles. The van der Waals surface area contributed by atoms with Gasteiger partial charge in [0.1, 0.15) is 5.82 Å². The van der Waals surface area contributed by atoms with Gasteiger partial charge in [-0.1, -0.05) is 18.7 Å². The lowest BCUT2D eigenvalue weighted by atomic mass is 10.2. The molecule has 0 amide bonds. The number of benzene rings is 1. The molecule has 7 nitrogen and oxygen atoms in total. The molecular formula is C15H20N4O3S. The van der Waals surface area contributed by atoms with Crippen LogP contribution in [0.1, 0.15) is 19.2 Å². The van der Waals surface area contributed by atoms with E-state index in [9.17, 15) is 4.79 Å². The van der Waals surface area contributed by atoms with Crippen molar-refractivity contribution in [2.75, 3.05) is 20.8 Å². The van der Waals surface area contributed by atoms with Crippen LogP contribution in [0.5, 0.6) is 11.5 Å². The van der Waals surface area contributed by atoms with Gasteiger partial charge in [-0.15, -0.1) is 0 Å². The molecule has 8 heteroatoms. The summed E-state index contributed by atoms with van der Waals surface area (Å²) in [6.45, 7) is 2.73. The predicted octanol–water partition coefficient (Wildman–Crippen LogP) is 1.90. The van der Waals surface area contributed by atoms with E-state index in [1.54, 1.807) is 19.2 Å². The van der Waals surface area contributed by atoms with E-state index in [4.69, 9.17) is 15.2 Å². The highest BCUT2D eigenvalue weighted by molar-refractivity contribution is 8.13. The van der Waals surface area contributed by atoms with Crippen LogP contribution in [0.25, 0.3) is 10.9 Å². The molecule has 2 aromatic rings. The van der Waals surface area contributed by atoms with Gasteiger partial charge in [-0.2, -0.15) is 0 Å². The number of amidine groups is 1. The van der Waals surface area contributed by atoms with Crippen LogP contribution in [0.15, 0.2) is 21.9 Å². The van der Waals surface area contributed by atoms with Gasteiger partial charge in [0.25, 0.3) is 5.56 Å². The van der Waals surface area contributed by atoms with Gasteiger partial charge in [0, 0.05) is 12.6 Å². The maximum Gasteiger partial charge on any atom is 0.258 e. The summed E-state index contributed by atoms with van der Waals surface area (Å²) in [4.78, 5) is 23.6. The van der Waals surface area contributed by atoms with Crippen molar-refractivity contribution >= 4 is 27.8 Å². The number of aromatic amines is 1. The van der Waals surface area contributed by atoms with E-state index in [2.05, 4.69) is 15.0 Å². The maximum atomic E-state index is 12.2. The van der Waals surface area contributed by atoms with Crippen molar-refractivity contribution in [1.29, 1.82) is 0 Å². The molecular weight excluding hydrogens is 316 g/mol. The average Bonchev–Trinajstić information content (AvgIpc) is 2.56. The van der Waals surface area contributed by atoms with Gasteiger partial charge >= 0.3 is 0 Å². The molecule has 0 saturated heterocycles. The maximum absolute atomic E-state index is 12.2. The molecule has 0 fully saturated rings. The molecule has 1 heterocycles. The third-order valence-corrected chi connectivity index (χ3v) is 3.95. The fourth-order valence-electron chi connectivity index (χ4n) is 1.99. The third kappa shape index (κ3) is 4.16. The summed E-state index contributed by atoms with van der Waals surface area (Å²) in [5, 5.41) is 0.936. The molecule has 0 unspecified atom stereocenters. The van der Waals surface area contributed by atoms with Crippen molar-refractivity contribution in [1.82, 2.24) is 9.97 Å². The number of aliphatic imine (C=N–C) groups is 1. The number of aromatic nitrogens is 2. The highest BCUT2D eigenvalue weighted by atomic mass is 32.2. The van der Waals surface area contributed by atoms with Gasteiger partial charge in [0.15, 0.2) is 16.7 Å². The van der Waals surface area contributed by atoms with E-state index >= 15 is 0 Å². The van der Waals surface area contributed by atoms with Gasteiger partial charge in [-0.05, 0) is 12.5 Å². The van der Waals surface area contributed by atoms with Gasteiger partial charge in [-0.25, -0.2) is 4.98 Å². The zero-order valence-corrected chi connectivity index (χ0v) is 14.2. The molecule has 0 aliphatic carbocycles. The van der Waals surface area contributed by atoms with Crippen molar-refractivity contribution in [3.8, 4) is 11.5 Å². The number of H-pyrrole nitrogens is 1. The minimum absolute atomic E-state index is 0.226. The first kappa shape index (κ1) is 17.1. The molecule has 0 bridgehead atoms. The number of hydrogen-bond donors (Lipinski definition) is 2. The van der Waals surface area contributed by atoms with Crippen LogP contribution in [0.3, 0.4) is 0 Å². The Kier molecular flexibility index (Phi) is 5.86. The Bertz CT molecular complexity index is 773. The van der Waals surface area contributed by atoms with Crippen molar-refractivity contribution < 1.29 is 9.47 Å². The fraction of sp³-hybridized carbons (Fsp3) is 0.400. The fourth-order valence-corrected chi connectivity index (χ4v) is 2.60. The van der Waals surface area contributed by atoms with E-state index in [-0.39, 0.29) is 5.56 Å². The van der Waals surface area contributed by atoms with E-state index in [0.29, 0.717) is 45.7 Å². The van der Waals surface area contributed by atoms with Crippen molar-refractivity contribution in [2.24, 2.45) is 10.7 Å².